The van der Waals surface area contributed by atoms with Crippen molar-refractivity contribution in [2.45, 2.75) is 18.4 Å². The maximum absolute atomic E-state index is 12.9. The van der Waals surface area contributed by atoms with Crippen LogP contribution in [0.25, 0.3) is 10.8 Å². The van der Waals surface area contributed by atoms with Crippen molar-refractivity contribution in [1.82, 2.24) is 4.57 Å². The Hall–Kier alpha value is -3.23. The predicted octanol–water partition coefficient (Wildman–Crippen LogP) is 4.05. The van der Waals surface area contributed by atoms with Crippen LogP contribution in [0.3, 0.4) is 0 Å². The highest BCUT2D eigenvalue weighted by Gasteiger charge is 2.21. The Bertz CT molecular complexity index is 1430. The molecule has 4 rings (SSSR count). The molecule has 0 unspecified atom stereocenters. The zero-order valence-corrected chi connectivity index (χ0v) is 17.7. The number of carboxylic acid groups (broad SMARTS) is 1. The second-order valence-electron chi connectivity index (χ2n) is 6.75. The van der Waals surface area contributed by atoms with E-state index in [0.29, 0.717) is 11.3 Å². The van der Waals surface area contributed by atoms with Gasteiger partial charge in [-0.1, -0.05) is 54.6 Å². The Kier molecular flexibility index (Phi) is 5.27. The molecule has 0 saturated heterocycles. The number of rotatable bonds is 5. The lowest BCUT2D eigenvalue weighted by molar-refractivity contribution is 0.0692. The van der Waals surface area contributed by atoms with Crippen LogP contribution in [0.15, 0.2) is 81.4 Å². The van der Waals surface area contributed by atoms with Crippen LogP contribution in [0.4, 0.5) is 0 Å². The van der Waals surface area contributed by atoms with Gasteiger partial charge in [0.1, 0.15) is 4.90 Å². The lowest BCUT2D eigenvalue weighted by Crippen LogP contribution is -2.20. The Morgan fingerprint density at radius 1 is 1.03 bits per heavy atom. The van der Waals surface area contributed by atoms with E-state index in [0.717, 1.165) is 22.0 Å². The van der Waals surface area contributed by atoms with Crippen molar-refractivity contribution in [1.29, 1.82) is 0 Å². The van der Waals surface area contributed by atoms with E-state index < -0.39 is 16.0 Å². The topological polar surface area (TPSA) is 88.7 Å². The van der Waals surface area contributed by atoms with Crippen LogP contribution in [0, 0.1) is 6.92 Å². The molecule has 152 valence electrons. The summed E-state index contributed by atoms with van der Waals surface area (Å²) in [7, 11) is -4.20. The van der Waals surface area contributed by atoms with Crippen molar-refractivity contribution in [3.8, 4) is 0 Å². The number of hydrogen-bond donors (Lipinski definition) is 1. The minimum Gasteiger partial charge on any atom is -0.478 e. The summed E-state index contributed by atoms with van der Waals surface area (Å²) in [6.45, 7) is 2.34. The van der Waals surface area contributed by atoms with Crippen LogP contribution >= 0.6 is 11.3 Å². The molecule has 1 N–H and O–H groups in total. The summed E-state index contributed by atoms with van der Waals surface area (Å²) in [6.07, 6.45) is 0. The quantitative estimate of drug-likeness (QED) is 0.509. The molecule has 0 fully saturated rings. The molecule has 0 bridgehead atoms. The van der Waals surface area contributed by atoms with Crippen LogP contribution in [0.1, 0.15) is 21.6 Å². The third-order valence-electron chi connectivity index (χ3n) is 4.79. The summed E-state index contributed by atoms with van der Waals surface area (Å²) in [5, 5.41) is 13.4. The van der Waals surface area contributed by atoms with Gasteiger partial charge in [0, 0.05) is 11.1 Å². The highest BCUT2D eigenvalue weighted by Crippen LogP contribution is 2.21. The van der Waals surface area contributed by atoms with E-state index in [9.17, 15) is 18.3 Å². The van der Waals surface area contributed by atoms with Gasteiger partial charge < -0.3 is 9.67 Å². The largest absolute Gasteiger partial charge is 0.478 e. The van der Waals surface area contributed by atoms with Crippen molar-refractivity contribution in [3.63, 3.8) is 0 Å². The summed E-state index contributed by atoms with van der Waals surface area (Å²) < 4.78 is 31.7. The SMILES string of the molecule is Cc1cs/c(=N\S(=O)(=O)c2ccccc2C(=O)O)n1Cc1cccc2ccccc12. The Morgan fingerprint density at radius 2 is 1.73 bits per heavy atom. The van der Waals surface area contributed by atoms with E-state index in [1.807, 2.05) is 59.3 Å². The fourth-order valence-electron chi connectivity index (χ4n) is 3.30. The number of sulfonamides is 1. The maximum Gasteiger partial charge on any atom is 0.337 e. The van der Waals surface area contributed by atoms with Crippen molar-refractivity contribution in [2.75, 3.05) is 0 Å². The van der Waals surface area contributed by atoms with Crippen molar-refractivity contribution < 1.29 is 18.3 Å². The number of nitrogens with zero attached hydrogens (tertiary/aromatic N) is 2. The van der Waals surface area contributed by atoms with Crippen LogP contribution in [0.5, 0.6) is 0 Å². The molecule has 6 nitrogen and oxygen atoms in total. The van der Waals surface area contributed by atoms with Gasteiger partial charge >= 0.3 is 5.97 Å². The van der Waals surface area contributed by atoms with Crippen molar-refractivity contribution in [3.05, 3.63) is 93.7 Å². The van der Waals surface area contributed by atoms with Crippen LogP contribution in [0.2, 0.25) is 0 Å². The first-order valence-electron chi connectivity index (χ1n) is 9.12. The lowest BCUT2D eigenvalue weighted by Gasteiger charge is -2.10. The summed E-state index contributed by atoms with van der Waals surface area (Å²) in [5.41, 5.74) is 1.61. The van der Waals surface area contributed by atoms with Gasteiger partial charge in [0.2, 0.25) is 4.80 Å². The standard InChI is InChI=1S/C22H18N2O4S2/c1-15-14-29-22(23-30(27,28)20-12-5-4-11-19(20)21(25)26)24(15)13-17-9-6-8-16-7-2-3-10-18(16)17/h2-12,14H,13H2,1H3,(H,25,26)/b23-22-. The average Bonchev–Trinajstić information content (AvgIpc) is 3.07. The van der Waals surface area contributed by atoms with Crippen molar-refractivity contribution >= 4 is 38.1 Å². The molecular formula is C22H18N2O4S2. The first-order chi connectivity index (χ1) is 14.4. The molecule has 30 heavy (non-hydrogen) atoms. The molecule has 4 aromatic rings. The van der Waals surface area contributed by atoms with E-state index in [4.69, 9.17) is 0 Å². The second kappa shape index (κ2) is 7.89. The number of aromatic carboxylic acids is 1. The molecule has 0 atom stereocenters. The number of aromatic nitrogens is 1. The van der Waals surface area contributed by atoms with Gasteiger partial charge in [-0.15, -0.1) is 15.7 Å². The number of carboxylic acids is 1. The molecule has 0 amide bonds. The fraction of sp³-hybridized carbons (Fsp3) is 0.0909. The van der Waals surface area contributed by atoms with Crippen molar-refractivity contribution in [2.24, 2.45) is 4.40 Å². The monoisotopic (exact) mass is 438 g/mol. The molecule has 0 spiro atoms. The van der Waals surface area contributed by atoms with E-state index in [1.165, 1.54) is 35.6 Å². The molecule has 0 radical (unpaired) electrons. The van der Waals surface area contributed by atoms with Gasteiger partial charge in [-0.25, -0.2) is 4.79 Å². The van der Waals surface area contributed by atoms with Crippen LogP contribution in [-0.4, -0.2) is 24.1 Å². The Morgan fingerprint density at radius 3 is 2.53 bits per heavy atom. The molecule has 0 aliphatic carbocycles. The van der Waals surface area contributed by atoms with E-state index in [1.54, 1.807) is 0 Å². The van der Waals surface area contributed by atoms with E-state index in [-0.39, 0.29) is 10.5 Å². The molecular weight excluding hydrogens is 420 g/mol. The fourth-order valence-corrected chi connectivity index (χ4v) is 5.59. The molecule has 1 aromatic heterocycles. The third kappa shape index (κ3) is 3.79. The first kappa shape index (κ1) is 20.1. The number of benzene rings is 3. The lowest BCUT2D eigenvalue weighted by atomic mass is 10.0. The summed E-state index contributed by atoms with van der Waals surface area (Å²) in [4.78, 5) is 11.4. The number of hydrogen-bond acceptors (Lipinski definition) is 4. The van der Waals surface area contributed by atoms with Gasteiger partial charge in [-0.2, -0.15) is 8.42 Å². The van der Waals surface area contributed by atoms with Gasteiger partial charge in [-0.05, 0) is 35.4 Å². The number of carbonyl (C=O) groups is 1. The average molecular weight is 439 g/mol. The summed E-state index contributed by atoms with van der Waals surface area (Å²) >= 11 is 1.21. The predicted molar refractivity (Wildman–Crippen MR) is 116 cm³/mol. The number of fused-ring (bicyclic) bond motifs is 1. The minimum atomic E-state index is -4.20. The van der Waals surface area contributed by atoms with Crippen LogP contribution < -0.4 is 4.80 Å². The smallest absolute Gasteiger partial charge is 0.337 e. The summed E-state index contributed by atoms with van der Waals surface area (Å²) in [5.74, 6) is -1.31. The van der Waals surface area contributed by atoms with E-state index >= 15 is 0 Å². The van der Waals surface area contributed by atoms with Gasteiger partial charge in [0.25, 0.3) is 10.0 Å². The molecule has 0 aliphatic heterocycles. The molecule has 8 heteroatoms. The Balaban J connectivity index is 1.83. The number of aryl methyl sites for hydroxylation is 1. The van der Waals surface area contributed by atoms with Gasteiger partial charge in [0.05, 0.1) is 12.1 Å². The first-order valence-corrected chi connectivity index (χ1v) is 11.4. The zero-order valence-electron chi connectivity index (χ0n) is 16.0. The summed E-state index contributed by atoms with van der Waals surface area (Å²) in [6, 6.07) is 19.5. The normalized spacial score (nSPS) is 12.4. The zero-order chi connectivity index (χ0) is 21.3. The Labute approximate surface area is 177 Å². The van der Waals surface area contributed by atoms with Gasteiger partial charge in [-0.3, -0.25) is 0 Å². The molecule has 0 saturated carbocycles. The third-order valence-corrected chi connectivity index (χ3v) is 7.22. The minimum absolute atomic E-state index is 0.292. The van der Waals surface area contributed by atoms with Gasteiger partial charge in [0.15, 0.2) is 0 Å². The molecule has 3 aromatic carbocycles. The molecule has 1 heterocycles. The van der Waals surface area contributed by atoms with Crippen LogP contribution in [-0.2, 0) is 16.6 Å². The highest BCUT2D eigenvalue weighted by atomic mass is 32.2. The molecule has 0 aliphatic rings. The number of thiazole rings is 1. The maximum atomic E-state index is 12.9. The highest BCUT2D eigenvalue weighted by molar-refractivity contribution is 7.90. The second-order valence-corrected chi connectivity index (χ2v) is 9.16. The van der Waals surface area contributed by atoms with E-state index in [2.05, 4.69) is 4.40 Å².